The molecule has 0 aromatic rings. The summed E-state index contributed by atoms with van der Waals surface area (Å²) in [5.74, 6) is 1.01. The molecule has 3 aliphatic rings. The lowest BCUT2D eigenvalue weighted by Gasteiger charge is -2.37. The van der Waals surface area contributed by atoms with Gasteiger partial charge in [0.25, 0.3) is 0 Å². The van der Waals surface area contributed by atoms with Crippen LogP contribution < -0.4 is 5.32 Å². The molecule has 20 heavy (non-hydrogen) atoms. The van der Waals surface area contributed by atoms with E-state index in [1.165, 1.54) is 12.8 Å². The molecule has 3 fully saturated rings. The van der Waals surface area contributed by atoms with Crippen molar-refractivity contribution in [2.24, 2.45) is 5.92 Å². The van der Waals surface area contributed by atoms with Crippen molar-refractivity contribution in [1.29, 1.82) is 0 Å². The second kappa shape index (κ2) is 5.30. The molecule has 3 unspecified atom stereocenters. The highest BCUT2D eigenvalue weighted by atomic mass is 32.2. The first-order valence-electron chi connectivity index (χ1n) is 7.76. The van der Waals surface area contributed by atoms with E-state index in [4.69, 9.17) is 0 Å². The first-order valence-corrected chi connectivity index (χ1v) is 9.59. The Morgan fingerprint density at radius 3 is 2.50 bits per heavy atom. The summed E-state index contributed by atoms with van der Waals surface area (Å²) in [5, 5.41) is 3.40. The van der Waals surface area contributed by atoms with Gasteiger partial charge in [-0.1, -0.05) is 12.8 Å². The summed E-state index contributed by atoms with van der Waals surface area (Å²) in [6, 6.07) is -0.297. The molecule has 0 radical (unpaired) electrons. The molecule has 1 aliphatic carbocycles. The predicted octanol–water partition coefficient (Wildman–Crippen LogP) is 0.900. The van der Waals surface area contributed by atoms with Crippen LogP contribution in [0.5, 0.6) is 0 Å². The average Bonchev–Trinajstić information content (AvgIpc) is 2.98. The van der Waals surface area contributed by atoms with Crippen LogP contribution in [0.3, 0.4) is 0 Å². The summed E-state index contributed by atoms with van der Waals surface area (Å²) in [7, 11) is -2.98. The third-order valence-electron chi connectivity index (χ3n) is 5.02. The van der Waals surface area contributed by atoms with E-state index in [1.807, 2.05) is 11.8 Å². The summed E-state index contributed by atoms with van der Waals surface area (Å²) in [6.07, 6.45) is 6.30. The lowest BCUT2D eigenvalue weighted by molar-refractivity contribution is -0.132. The highest BCUT2D eigenvalue weighted by molar-refractivity contribution is 7.91. The highest BCUT2D eigenvalue weighted by Gasteiger charge is 2.46. The van der Waals surface area contributed by atoms with Gasteiger partial charge in [0.05, 0.1) is 23.7 Å². The van der Waals surface area contributed by atoms with Gasteiger partial charge in [-0.3, -0.25) is 10.1 Å². The Kier molecular flexibility index (Phi) is 3.79. The molecule has 2 saturated heterocycles. The molecule has 2 heterocycles. The number of carbonyl (C=O) groups excluding carboxylic acids is 1. The van der Waals surface area contributed by atoms with E-state index in [0.29, 0.717) is 12.3 Å². The Balaban J connectivity index is 1.82. The number of sulfone groups is 1. The summed E-state index contributed by atoms with van der Waals surface area (Å²) >= 11 is 0. The predicted molar refractivity (Wildman–Crippen MR) is 76.9 cm³/mol. The van der Waals surface area contributed by atoms with Gasteiger partial charge in [-0.25, -0.2) is 8.42 Å². The van der Waals surface area contributed by atoms with Gasteiger partial charge in [0.15, 0.2) is 9.84 Å². The van der Waals surface area contributed by atoms with Gasteiger partial charge in [0.2, 0.25) is 5.91 Å². The van der Waals surface area contributed by atoms with Crippen molar-refractivity contribution < 1.29 is 13.2 Å². The van der Waals surface area contributed by atoms with Gasteiger partial charge in [-0.15, -0.1) is 0 Å². The number of nitrogens with zero attached hydrogens (tertiary/aromatic N) is 1. The van der Waals surface area contributed by atoms with Crippen LogP contribution in [0.15, 0.2) is 0 Å². The van der Waals surface area contributed by atoms with Crippen molar-refractivity contribution in [2.45, 2.75) is 63.7 Å². The van der Waals surface area contributed by atoms with E-state index in [0.717, 1.165) is 19.3 Å². The van der Waals surface area contributed by atoms with E-state index < -0.39 is 9.84 Å². The minimum Gasteiger partial charge on any atom is -0.322 e. The lowest BCUT2D eigenvalue weighted by atomic mass is 10.0. The fourth-order valence-corrected chi connectivity index (χ4v) is 5.72. The molecule has 6 heteroatoms. The first-order chi connectivity index (χ1) is 9.48. The van der Waals surface area contributed by atoms with Crippen LogP contribution in [0.1, 0.15) is 45.4 Å². The largest absolute Gasteiger partial charge is 0.322 e. The molecule has 1 N–H and O–H groups in total. The summed E-state index contributed by atoms with van der Waals surface area (Å²) in [5.41, 5.74) is 0. The van der Waals surface area contributed by atoms with Crippen LogP contribution in [-0.4, -0.2) is 49.0 Å². The fourth-order valence-electron chi connectivity index (χ4n) is 4.03. The van der Waals surface area contributed by atoms with Gasteiger partial charge in [-0.05, 0) is 38.5 Å². The lowest BCUT2D eigenvalue weighted by Crippen LogP contribution is -2.52. The van der Waals surface area contributed by atoms with Crippen molar-refractivity contribution in [3.05, 3.63) is 0 Å². The minimum absolute atomic E-state index is 0.0540. The van der Waals surface area contributed by atoms with Gasteiger partial charge in [0.1, 0.15) is 0 Å². The van der Waals surface area contributed by atoms with Crippen molar-refractivity contribution in [3.63, 3.8) is 0 Å². The monoisotopic (exact) mass is 300 g/mol. The number of hydrogen-bond donors (Lipinski definition) is 1. The van der Waals surface area contributed by atoms with E-state index in [9.17, 15) is 13.2 Å². The number of amides is 1. The smallest absolute Gasteiger partial charge is 0.241 e. The molecule has 0 spiro atoms. The number of hydrogen-bond acceptors (Lipinski definition) is 4. The van der Waals surface area contributed by atoms with Gasteiger partial charge >= 0.3 is 0 Å². The molecular weight excluding hydrogens is 276 g/mol. The number of rotatable bonds is 2. The third kappa shape index (κ3) is 2.60. The molecule has 3 atom stereocenters. The maximum atomic E-state index is 12.5. The summed E-state index contributed by atoms with van der Waals surface area (Å²) < 4.78 is 23.8. The normalized spacial score (nSPS) is 38.5. The fraction of sp³-hybridized carbons (Fsp3) is 0.929. The zero-order chi connectivity index (χ0) is 14.3. The second-order valence-corrected chi connectivity index (χ2v) is 8.76. The van der Waals surface area contributed by atoms with E-state index >= 15 is 0 Å². The van der Waals surface area contributed by atoms with E-state index in [1.54, 1.807) is 0 Å². The Bertz CT molecular complexity index is 485. The molecule has 1 amide bonds. The highest BCUT2D eigenvalue weighted by Crippen LogP contribution is 2.34. The number of nitrogens with one attached hydrogen (secondary N) is 1. The molecule has 3 rings (SSSR count). The Morgan fingerprint density at radius 1 is 1.15 bits per heavy atom. The topological polar surface area (TPSA) is 66.5 Å². The van der Waals surface area contributed by atoms with E-state index in [-0.39, 0.29) is 35.7 Å². The summed E-state index contributed by atoms with van der Waals surface area (Å²) in [6.45, 7) is 1.89. The standard InChI is InChI=1S/C14H24N2O3S/c1-10-14(17)16(12-7-4-8-20(18,19)9-12)13(15-10)11-5-2-3-6-11/h10-13,15H,2-9H2,1H3. The van der Waals surface area contributed by atoms with Crippen molar-refractivity contribution in [2.75, 3.05) is 11.5 Å². The minimum atomic E-state index is -2.98. The molecule has 5 nitrogen and oxygen atoms in total. The van der Waals surface area contributed by atoms with Crippen molar-refractivity contribution in [3.8, 4) is 0 Å². The first kappa shape index (κ1) is 14.3. The second-order valence-electron chi connectivity index (χ2n) is 6.53. The molecule has 1 saturated carbocycles. The van der Waals surface area contributed by atoms with E-state index in [2.05, 4.69) is 5.32 Å². The molecule has 114 valence electrons. The van der Waals surface area contributed by atoms with Crippen LogP contribution >= 0.6 is 0 Å². The van der Waals surface area contributed by atoms with Gasteiger partial charge in [0, 0.05) is 6.04 Å². The van der Waals surface area contributed by atoms with Crippen LogP contribution in [0.25, 0.3) is 0 Å². The SMILES string of the molecule is CC1NC(C2CCCC2)N(C2CCCS(=O)(=O)C2)C1=O. The quantitative estimate of drug-likeness (QED) is 0.823. The zero-order valence-corrected chi connectivity index (χ0v) is 12.9. The molecule has 0 aromatic heterocycles. The Labute approximate surface area is 121 Å². The zero-order valence-electron chi connectivity index (χ0n) is 12.0. The summed E-state index contributed by atoms with van der Waals surface area (Å²) in [4.78, 5) is 14.3. The van der Waals surface area contributed by atoms with Crippen molar-refractivity contribution in [1.82, 2.24) is 10.2 Å². The maximum Gasteiger partial charge on any atom is 0.241 e. The van der Waals surface area contributed by atoms with Gasteiger partial charge in [-0.2, -0.15) is 0 Å². The third-order valence-corrected chi connectivity index (χ3v) is 6.83. The Hall–Kier alpha value is -0.620. The molecular formula is C14H24N2O3S. The van der Waals surface area contributed by atoms with Gasteiger partial charge < -0.3 is 4.90 Å². The van der Waals surface area contributed by atoms with Crippen LogP contribution in [-0.2, 0) is 14.6 Å². The number of carbonyl (C=O) groups is 1. The average molecular weight is 300 g/mol. The maximum absolute atomic E-state index is 12.5. The molecule has 0 bridgehead atoms. The van der Waals surface area contributed by atoms with Crippen LogP contribution in [0.4, 0.5) is 0 Å². The molecule has 0 aromatic carbocycles. The van der Waals surface area contributed by atoms with Crippen molar-refractivity contribution >= 4 is 15.7 Å². The molecule has 2 aliphatic heterocycles. The van der Waals surface area contributed by atoms with Crippen LogP contribution in [0.2, 0.25) is 0 Å². The Morgan fingerprint density at radius 2 is 1.85 bits per heavy atom. The van der Waals surface area contributed by atoms with Crippen LogP contribution in [0, 0.1) is 5.92 Å².